The molecule has 1 fully saturated rings. The number of rotatable bonds is 3. The van der Waals surface area contributed by atoms with E-state index in [0.717, 1.165) is 28.9 Å². The molecule has 0 aliphatic heterocycles. The maximum atomic E-state index is 12.3. The smallest absolute Gasteiger partial charge is 0.251 e. The van der Waals surface area contributed by atoms with Crippen molar-refractivity contribution < 1.29 is 4.79 Å². The SMILES string of the molecule is CC1CCCC1CNC(=O)c1cccc2[nH]ccc12. The predicted octanol–water partition coefficient (Wildman–Crippen LogP) is 3.33. The fourth-order valence-corrected chi connectivity index (χ4v) is 3.13. The fourth-order valence-electron chi connectivity index (χ4n) is 3.13. The number of carbonyl (C=O) groups is 1. The lowest BCUT2D eigenvalue weighted by atomic mass is 9.98. The first-order chi connectivity index (χ1) is 9.25. The van der Waals surface area contributed by atoms with Gasteiger partial charge in [0.1, 0.15) is 0 Å². The molecule has 0 bridgehead atoms. The Morgan fingerprint density at radius 2 is 2.26 bits per heavy atom. The second-order valence-corrected chi connectivity index (χ2v) is 5.62. The van der Waals surface area contributed by atoms with Crippen LogP contribution in [0.4, 0.5) is 0 Å². The van der Waals surface area contributed by atoms with Crippen molar-refractivity contribution in [3.63, 3.8) is 0 Å². The molecule has 100 valence electrons. The lowest BCUT2D eigenvalue weighted by molar-refractivity contribution is 0.0946. The van der Waals surface area contributed by atoms with E-state index in [1.54, 1.807) is 0 Å². The molecule has 1 aliphatic carbocycles. The Balaban J connectivity index is 1.71. The molecule has 2 atom stereocenters. The summed E-state index contributed by atoms with van der Waals surface area (Å²) in [7, 11) is 0. The topological polar surface area (TPSA) is 44.9 Å². The van der Waals surface area contributed by atoms with Gasteiger partial charge in [-0.15, -0.1) is 0 Å². The molecule has 19 heavy (non-hydrogen) atoms. The monoisotopic (exact) mass is 256 g/mol. The van der Waals surface area contributed by atoms with Crippen molar-refractivity contribution in [2.45, 2.75) is 26.2 Å². The number of benzene rings is 1. The lowest BCUT2D eigenvalue weighted by Gasteiger charge is -2.16. The van der Waals surface area contributed by atoms with E-state index in [1.807, 2.05) is 30.5 Å². The van der Waals surface area contributed by atoms with E-state index in [9.17, 15) is 4.79 Å². The van der Waals surface area contributed by atoms with E-state index in [-0.39, 0.29) is 5.91 Å². The number of carbonyl (C=O) groups excluding carboxylic acids is 1. The van der Waals surface area contributed by atoms with Crippen LogP contribution in [-0.4, -0.2) is 17.4 Å². The van der Waals surface area contributed by atoms with Gasteiger partial charge in [0.15, 0.2) is 0 Å². The van der Waals surface area contributed by atoms with E-state index in [2.05, 4.69) is 17.2 Å². The number of H-pyrrole nitrogens is 1. The Bertz CT molecular complexity index is 587. The molecule has 0 radical (unpaired) electrons. The van der Waals surface area contributed by atoms with Gasteiger partial charge < -0.3 is 10.3 Å². The van der Waals surface area contributed by atoms with Gasteiger partial charge in [-0.3, -0.25) is 4.79 Å². The molecule has 0 saturated heterocycles. The van der Waals surface area contributed by atoms with Gasteiger partial charge in [-0.2, -0.15) is 0 Å². The number of amides is 1. The van der Waals surface area contributed by atoms with Gasteiger partial charge >= 0.3 is 0 Å². The minimum absolute atomic E-state index is 0.0456. The van der Waals surface area contributed by atoms with Crippen LogP contribution in [0.25, 0.3) is 10.9 Å². The molecule has 1 saturated carbocycles. The third kappa shape index (κ3) is 2.37. The molecule has 1 aromatic heterocycles. The first-order valence-electron chi connectivity index (χ1n) is 7.10. The zero-order valence-corrected chi connectivity index (χ0v) is 11.3. The molecule has 1 heterocycles. The number of fused-ring (bicyclic) bond motifs is 1. The summed E-state index contributed by atoms with van der Waals surface area (Å²) in [6.45, 7) is 3.09. The summed E-state index contributed by atoms with van der Waals surface area (Å²) in [4.78, 5) is 15.4. The van der Waals surface area contributed by atoms with Crippen molar-refractivity contribution in [3.8, 4) is 0 Å². The van der Waals surface area contributed by atoms with Gasteiger partial charge in [0, 0.05) is 29.2 Å². The predicted molar refractivity (Wildman–Crippen MR) is 77.1 cm³/mol. The zero-order valence-electron chi connectivity index (χ0n) is 11.3. The van der Waals surface area contributed by atoms with Crippen LogP contribution in [-0.2, 0) is 0 Å². The summed E-state index contributed by atoms with van der Waals surface area (Å²) in [6.07, 6.45) is 5.72. The average Bonchev–Trinajstić information content (AvgIpc) is 3.04. The molecular formula is C16H20N2O. The minimum atomic E-state index is 0.0456. The number of nitrogens with one attached hydrogen (secondary N) is 2. The van der Waals surface area contributed by atoms with Crippen LogP contribution in [0, 0.1) is 11.8 Å². The molecule has 0 spiro atoms. The second kappa shape index (κ2) is 5.08. The highest BCUT2D eigenvalue weighted by Gasteiger charge is 2.23. The summed E-state index contributed by atoms with van der Waals surface area (Å²) in [5, 5.41) is 4.10. The lowest BCUT2D eigenvalue weighted by Crippen LogP contribution is -2.30. The molecule has 2 N–H and O–H groups in total. The van der Waals surface area contributed by atoms with Gasteiger partial charge in [0.2, 0.25) is 0 Å². The van der Waals surface area contributed by atoms with Crippen LogP contribution in [0.15, 0.2) is 30.5 Å². The molecule has 3 nitrogen and oxygen atoms in total. The number of hydrogen-bond acceptors (Lipinski definition) is 1. The van der Waals surface area contributed by atoms with E-state index in [0.29, 0.717) is 5.92 Å². The Morgan fingerprint density at radius 3 is 3.05 bits per heavy atom. The standard InChI is InChI=1S/C16H20N2O/c1-11-4-2-5-12(11)10-18-16(19)14-6-3-7-15-13(14)8-9-17-15/h3,6-9,11-12,17H,2,4-5,10H2,1H3,(H,18,19). The van der Waals surface area contributed by atoms with Gasteiger partial charge in [0.05, 0.1) is 0 Å². The van der Waals surface area contributed by atoms with Crippen LogP contribution in [0.1, 0.15) is 36.5 Å². The maximum Gasteiger partial charge on any atom is 0.251 e. The van der Waals surface area contributed by atoms with E-state index >= 15 is 0 Å². The summed E-state index contributed by atoms with van der Waals surface area (Å²) < 4.78 is 0. The van der Waals surface area contributed by atoms with Crippen LogP contribution in [0.3, 0.4) is 0 Å². The van der Waals surface area contributed by atoms with Crippen molar-refractivity contribution in [1.82, 2.24) is 10.3 Å². The van der Waals surface area contributed by atoms with Gasteiger partial charge in [-0.05, 0) is 36.5 Å². The van der Waals surface area contributed by atoms with Gasteiger partial charge in [-0.1, -0.05) is 25.8 Å². The van der Waals surface area contributed by atoms with E-state index < -0.39 is 0 Å². The molecule has 1 aromatic carbocycles. The Morgan fingerprint density at radius 1 is 1.37 bits per heavy atom. The van der Waals surface area contributed by atoms with Gasteiger partial charge in [-0.25, -0.2) is 0 Å². The zero-order chi connectivity index (χ0) is 13.2. The third-order valence-electron chi connectivity index (χ3n) is 4.40. The Hall–Kier alpha value is -1.77. The normalized spacial score (nSPS) is 22.8. The summed E-state index contributed by atoms with van der Waals surface area (Å²) in [5.41, 5.74) is 1.78. The molecule has 3 heteroatoms. The average molecular weight is 256 g/mol. The molecule has 2 unspecified atom stereocenters. The highest BCUT2D eigenvalue weighted by atomic mass is 16.1. The largest absolute Gasteiger partial charge is 0.361 e. The summed E-state index contributed by atoms with van der Waals surface area (Å²) in [6, 6.07) is 7.77. The first-order valence-corrected chi connectivity index (χ1v) is 7.10. The molecular weight excluding hydrogens is 236 g/mol. The summed E-state index contributed by atoms with van der Waals surface area (Å²) in [5.74, 6) is 1.43. The van der Waals surface area contributed by atoms with Crippen LogP contribution >= 0.6 is 0 Å². The number of hydrogen-bond donors (Lipinski definition) is 2. The fraction of sp³-hybridized carbons (Fsp3) is 0.438. The highest BCUT2D eigenvalue weighted by molar-refractivity contribution is 6.06. The van der Waals surface area contributed by atoms with Crippen molar-refractivity contribution in [3.05, 3.63) is 36.0 Å². The highest BCUT2D eigenvalue weighted by Crippen LogP contribution is 2.30. The molecule has 1 amide bonds. The van der Waals surface area contributed by atoms with Crippen LogP contribution in [0.5, 0.6) is 0 Å². The van der Waals surface area contributed by atoms with Crippen LogP contribution < -0.4 is 5.32 Å². The second-order valence-electron chi connectivity index (χ2n) is 5.62. The van der Waals surface area contributed by atoms with Crippen molar-refractivity contribution in [2.75, 3.05) is 6.54 Å². The van der Waals surface area contributed by atoms with Crippen molar-refractivity contribution >= 4 is 16.8 Å². The molecule has 3 rings (SSSR count). The minimum Gasteiger partial charge on any atom is -0.361 e. The summed E-state index contributed by atoms with van der Waals surface area (Å²) >= 11 is 0. The number of aromatic nitrogens is 1. The quantitative estimate of drug-likeness (QED) is 0.869. The van der Waals surface area contributed by atoms with E-state index in [4.69, 9.17) is 0 Å². The maximum absolute atomic E-state index is 12.3. The third-order valence-corrected chi connectivity index (χ3v) is 4.40. The number of aromatic amines is 1. The van der Waals surface area contributed by atoms with Crippen LogP contribution in [0.2, 0.25) is 0 Å². The van der Waals surface area contributed by atoms with Crippen molar-refractivity contribution in [1.29, 1.82) is 0 Å². The Kier molecular flexibility index (Phi) is 3.28. The molecule has 1 aliphatic rings. The first kappa shape index (κ1) is 12.3. The van der Waals surface area contributed by atoms with Gasteiger partial charge in [0.25, 0.3) is 5.91 Å². The molecule has 2 aromatic rings. The van der Waals surface area contributed by atoms with E-state index in [1.165, 1.54) is 19.3 Å². The van der Waals surface area contributed by atoms with Crippen molar-refractivity contribution in [2.24, 2.45) is 11.8 Å². The Labute approximate surface area is 113 Å².